The van der Waals surface area contributed by atoms with Crippen molar-refractivity contribution in [3.8, 4) is 5.75 Å². The Balaban J connectivity index is 1.62. The maximum Gasteiger partial charge on any atom is 0.234 e. The van der Waals surface area contributed by atoms with Crippen LogP contribution in [0.2, 0.25) is 0 Å². The van der Waals surface area contributed by atoms with Crippen LogP contribution in [0.3, 0.4) is 0 Å². The Morgan fingerprint density at radius 2 is 1.89 bits per heavy atom. The Hall–Kier alpha value is -2.33. The Bertz CT molecular complexity index is 740. The summed E-state index contributed by atoms with van der Waals surface area (Å²) in [5.41, 5.74) is 3.66. The molecular formula is C23H30N2O2. The van der Waals surface area contributed by atoms with E-state index < -0.39 is 0 Å². The largest absolute Gasteiger partial charge is 0.497 e. The van der Waals surface area contributed by atoms with E-state index in [1.54, 1.807) is 7.11 Å². The molecule has 1 heterocycles. The van der Waals surface area contributed by atoms with Crippen molar-refractivity contribution in [2.75, 3.05) is 20.2 Å². The summed E-state index contributed by atoms with van der Waals surface area (Å²) in [4.78, 5) is 15.0. The average Bonchev–Trinajstić information content (AvgIpc) is 3.15. The normalized spacial score (nSPS) is 18.3. The van der Waals surface area contributed by atoms with Crippen LogP contribution in [-0.4, -0.2) is 31.0 Å². The van der Waals surface area contributed by atoms with Crippen LogP contribution in [0.25, 0.3) is 0 Å². The molecule has 3 rings (SSSR count). The van der Waals surface area contributed by atoms with Crippen molar-refractivity contribution in [3.63, 3.8) is 0 Å². The fraction of sp³-hybridized carbons (Fsp3) is 0.435. The van der Waals surface area contributed by atoms with Crippen LogP contribution in [0.15, 0.2) is 48.5 Å². The summed E-state index contributed by atoms with van der Waals surface area (Å²) in [7, 11) is 1.68. The molecule has 0 unspecified atom stereocenters. The lowest BCUT2D eigenvalue weighted by atomic mass is 10.0. The number of nitrogens with one attached hydrogen (secondary N) is 1. The van der Waals surface area contributed by atoms with Gasteiger partial charge in [0.1, 0.15) is 5.75 Å². The molecule has 144 valence electrons. The zero-order chi connectivity index (χ0) is 19.2. The van der Waals surface area contributed by atoms with Crippen LogP contribution in [-0.2, 0) is 4.79 Å². The average molecular weight is 367 g/mol. The molecule has 1 fully saturated rings. The van der Waals surface area contributed by atoms with E-state index >= 15 is 0 Å². The highest BCUT2D eigenvalue weighted by atomic mass is 16.5. The molecule has 1 aliphatic rings. The molecule has 0 aliphatic carbocycles. The van der Waals surface area contributed by atoms with Crippen molar-refractivity contribution in [1.82, 2.24) is 10.2 Å². The van der Waals surface area contributed by atoms with Crippen molar-refractivity contribution < 1.29 is 9.53 Å². The molecule has 0 spiro atoms. The van der Waals surface area contributed by atoms with E-state index in [2.05, 4.69) is 60.5 Å². The first kappa shape index (κ1) is 19.4. The minimum absolute atomic E-state index is 0.0696. The summed E-state index contributed by atoms with van der Waals surface area (Å²) in [6, 6.07) is 17.0. The van der Waals surface area contributed by atoms with Crippen molar-refractivity contribution in [3.05, 3.63) is 65.2 Å². The van der Waals surface area contributed by atoms with Crippen LogP contribution in [0, 0.1) is 6.92 Å². The number of likely N-dealkylation sites (tertiary alicyclic amines) is 1. The summed E-state index contributed by atoms with van der Waals surface area (Å²) in [6.07, 6.45) is 3.10. The molecule has 1 saturated heterocycles. The summed E-state index contributed by atoms with van der Waals surface area (Å²) < 4.78 is 5.25. The van der Waals surface area contributed by atoms with Crippen molar-refractivity contribution >= 4 is 5.91 Å². The molecule has 2 atom stereocenters. The van der Waals surface area contributed by atoms with Gasteiger partial charge in [0, 0.05) is 6.04 Å². The zero-order valence-electron chi connectivity index (χ0n) is 16.6. The molecule has 27 heavy (non-hydrogen) atoms. The second kappa shape index (κ2) is 9.05. The predicted octanol–water partition coefficient (Wildman–Crippen LogP) is 4.41. The first-order chi connectivity index (χ1) is 13.1. The molecule has 2 aromatic rings. The van der Waals surface area contributed by atoms with E-state index in [-0.39, 0.29) is 11.9 Å². The van der Waals surface area contributed by atoms with Gasteiger partial charge in [-0.25, -0.2) is 0 Å². The second-order valence-corrected chi connectivity index (χ2v) is 7.34. The summed E-state index contributed by atoms with van der Waals surface area (Å²) in [5.74, 6) is 0.966. The Kier molecular flexibility index (Phi) is 6.51. The molecule has 4 heteroatoms. The number of aryl methyl sites for hydroxylation is 1. The maximum atomic E-state index is 12.7. The van der Waals surface area contributed by atoms with Crippen LogP contribution in [0.1, 0.15) is 55.0 Å². The van der Waals surface area contributed by atoms with Gasteiger partial charge in [-0.1, -0.05) is 48.9 Å². The van der Waals surface area contributed by atoms with E-state index in [9.17, 15) is 4.79 Å². The smallest absolute Gasteiger partial charge is 0.234 e. The first-order valence-electron chi connectivity index (χ1n) is 9.84. The molecule has 0 bridgehead atoms. The first-order valence-corrected chi connectivity index (χ1v) is 9.84. The van der Waals surface area contributed by atoms with Gasteiger partial charge in [-0.15, -0.1) is 0 Å². The van der Waals surface area contributed by atoms with Gasteiger partial charge in [0.25, 0.3) is 0 Å². The zero-order valence-corrected chi connectivity index (χ0v) is 16.6. The number of hydrogen-bond donors (Lipinski definition) is 1. The van der Waals surface area contributed by atoms with Crippen LogP contribution < -0.4 is 10.1 Å². The lowest BCUT2D eigenvalue weighted by molar-refractivity contribution is -0.123. The van der Waals surface area contributed by atoms with Crippen LogP contribution in [0.5, 0.6) is 5.75 Å². The number of rotatable bonds is 7. The molecular weight excluding hydrogens is 336 g/mol. The molecule has 0 aromatic heterocycles. The summed E-state index contributed by atoms with van der Waals surface area (Å²) in [6.45, 7) is 5.60. The third-order valence-electron chi connectivity index (χ3n) is 5.43. The summed E-state index contributed by atoms with van der Waals surface area (Å²) in [5, 5.41) is 3.22. The van der Waals surface area contributed by atoms with Crippen LogP contribution in [0.4, 0.5) is 0 Å². The fourth-order valence-electron chi connectivity index (χ4n) is 3.86. The molecule has 1 aliphatic heterocycles. The number of hydrogen-bond acceptors (Lipinski definition) is 3. The van der Waals surface area contributed by atoms with Gasteiger partial charge in [0.15, 0.2) is 0 Å². The quantitative estimate of drug-likeness (QED) is 0.789. The number of amides is 1. The minimum Gasteiger partial charge on any atom is -0.497 e. The number of carbonyl (C=O) groups excluding carboxylic acids is 1. The molecule has 0 radical (unpaired) electrons. The summed E-state index contributed by atoms with van der Waals surface area (Å²) >= 11 is 0. The molecule has 1 amide bonds. The number of carbonyl (C=O) groups is 1. The lowest BCUT2D eigenvalue weighted by Gasteiger charge is -2.26. The SMILES string of the molecule is CC[C@@H](NC(=O)CN1CCC[C@H]1c1ccc(OC)cc1)c1ccc(C)cc1. The third kappa shape index (κ3) is 4.89. The van der Waals surface area contributed by atoms with Crippen LogP contribution >= 0.6 is 0 Å². The third-order valence-corrected chi connectivity index (χ3v) is 5.43. The van der Waals surface area contributed by atoms with Gasteiger partial charge in [-0.3, -0.25) is 9.69 Å². The monoisotopic (exact) mass is 366 g/mol. The van der Waals surface area contributed by atoms with Gasteiger partial charge in [0.05, 0.1) is 19.7 Å². The standard InChI is InChI=1S/C23H30N2O2/c1-4-21(18-9-7-17(2)8-10-18)24-23(26)16-25-15-5-6-22(25)19-11-13-20(27-3)14-12-19/h7-14,21-22H,4-6,15-16H2,1-3H3,(H,24,26)/t21-,22+/m1/s1. The van der Waals surface area contributed by atoms with Gasteiger partial charge in [-0.2, -0.15) is 0 Å². The van der Waals surface area contributed by atoms with Gasteiger partial charge >= 0.3 is 0 Å². The number of methoxy groups -OCH3 is 1. The van der Waals surface area contributed by atoms with Gasteiger partial charge < -0.3 is 10.1 Å². The van der Waals surface area contributed by atoms with E-state index in [0.29, 0.717) is 12.6 Å². The molecule has 0 saturated carbocycles. The van der Waals surface area contributed by atoms with Crippen molar-refractivity contribution in [2.45, 2.75) is 45.2 Å². The van der Waals surface area contributed by atoms with Crippen molar-refractivity contribution in [1.29, 1.82) is 0 Å². The number of ether oxygens (including phenoxy) is 1. The number of nitrogens with zero attached hydrogens (tertiary/aromatic N) is 1. The second-order valence-electron chi connectivity index (χ2n) is 7.34. The van der Waals surface area contributed by atoms with Gasteiger partial charge in [-0.05, 0) is 56.0 Å². The van der Waals surface area contributed by atoms with Gasteiger partial charge in [0.2, 0.25) is 5.91 Å². The highest BCUT2D eigenvalue weighted by Gasteiger charge is 2.28. The Morgan fingerprint density at radius 1 is 1.19 bits per heavy atom. The topological polar surface area (TPSA) is 41.6 Å². The van der Waals surface area contributed by atoms with E-state index in [0.717, 1.165) is 31.6 Å². The highest BCUT2D eigenvalue weighted by molar-refractivity contribution is 5.78. The van der Waals surface area contributed by atoms with E-state index in [4.69, 9.17) is 4.74 Å². The Labute approximate surface area is 162 Å². The molecule has 4 nitrogen and oxygen atoms in total. The fourth-order valence-corrected chi connectivity index (χ4v) is 3.86. The Morgan fingerprint density at radius 3 is 2.52 bits per heavy atom. The van der Waals surface area contributed by atoms with E-state index in [1.807, 2.05) is 12.1 Å². The molecule has 1 N–H and O–H groups in total. The van der Waals surface area contributed by atoms with Crippen molar-refractivity contribution in [2.24, 2.45) is 0 Å². The maximum absolute atomic E-state index is 12.7. The molecule has 2 aromatic carbocycles. The number of benzene rings is 2. The predicted molar refractivity (Wildman–Crippen MR) is 109 cm³/mol. The lowest BCUT2D eigenvalue weighted by Crippen LogP contribution is -2.38. The minimum atomic E-state index is 0.0696. The van der Waals surface area contributed by atoms with E-state index in [1.165, 1.54) is 16.7 Å². The highest BCUT2D eigenvalue weighted by Crippen LogP contribution is 2.32.